The summed E-state index contributed by atoms with van der Waals surface area (Å²) in [5, 5.41) is 30.2. The summed E-state index contributed by atoms with van der Waals surface area (Å²) in [4.78, 5) is 34.4. The predicted molar refractivity (Wildman–Crippen MR) is 92.9 cm³/mol. The molecule has 0 spiro atoms. The fourth-order valence-corrected chi connectivity index (χ4v) is 2.38. The Morgan fingerprint density at radius 3 is 2.44 bits per heavy atom. The van der Waals surface area contributed by atoms with Crippen LogP contribution in [0.3, 0.4) is 0 Å². The first-order chi connectivity index (χ1) is 12.9. The molecule has 138 valence electrons. The number of phenols is 2. The van der Waals surface area contributed by atoms with Crippen LogP contribution in [0.1, 0.15) is 0 Å². The van der Waals surface area contributed by atoms with E-state index in [1.165, 1.54) is 0 Å². The standard InChI is InChI=1S/C18H13NO8/c20-10-6-11(9-4-2-1-3-5-9)26-12-7-13(16(23)17(24)15(10)12)27-18(25)19-8-14(21)22/h1-7,23-24H,8H2,(H,19,25)(H,21,22). The molecule has 0 fully saturated rings. The number of ether oxygens (including phenoxy) is 1. The van der Waals surface area contributed by atoms with E-state index in [-0.39, 0.29) is 16.7 Å². The van der Waals surface area contributed by atoms with Crippen molar-refractivity contribution in [1.82, 2.24) is 5.32 Å². The molecular weight excluding hydrogens is 358 g/mol. The fraction of sp³-hybridized carbons (Fsp3) is 0.0556. The van der Waals surface area contributed by atoms with Crippen molar-refractivity contribution < 1.29 is 34.1 Å². The van der Waals surface area contributed by atoms with Crippen molar-refractivity contribution in [2.24, 2.45) is 0 Å². The van der Waals surface area contributed by atoms with E-state index in [1.54, 1.807) is 30.3 Å². The molecule has 2 aromatic carbocycles. The second-order valence-corrected chi connectivity index (χ2v) is 5.42. The summed E-state index contributed by atoms with van der Waals surface area (Å²) in [5.41, 5.74) is -0.131. The number of rotatable bonds is 4. The minimum absolute atomic E-state index is 0.127. The Hall–Kier alpha value is -4.01. The highest BCUT2D eigenvalue weighted by atomic mass is 16.6. The van der Waals surface area contributed by atoms with E-state index in [0.717, 1.165) is 12.1 Å². The molecule has 0 unspecified atom stereocenters. The van der Waals surface area contributed by atoms with Gasteiger partial charge in [0.1, 0.15) is 23.3 Å². The smallest absolute Gasteiger partial charge is 0.413 e. The van der Waals surface area contributed by atoms with Gasteiger partial charge < -0.3 is 29.8 Å². The van der Waals surface area contributed by atoms with Gasteiger partial charge in [0, 0.05) is 17.7 Å². The normalized spacial score (nSPS) is 10.5. The zero-order valence-electron chi connectivity index (χ0n) is 13.6. The number of aliphatic carboxylic acids is 1. The molecule has 4 N–H and O–H groups in total. The number of hydrogen-bond acceptors (Lipinski definition) is 7. The maximum absolute atomic E-state index is 12.3. The van der Waals surface area contributed by atoms with Crippen LogP contribution >= 0.6 is 0 Å². The maximum atomic E-state index is 12.3. The minimum Gasteiger partial charge on any atom is -0.504 e. The molecule has 1 amide bonds. The number of benzene rings is 2. The quantitative estimate of drug-likeness (QED) is 0.510. The van der Waals surface area contributed by atoms with Crippen molar-refractivity contribution in [3.63, 3.8) is 0 Å². The molecule has 0 atom stereocenters. The Morgan fingerprint density at radius 2 is 1.78 bits per heavy atom. The van der Waals surface area contributed by atoms with E-state index in [1.807, 2.05) is 5.32 Å². The second kappa shape index (κ2) is 7.08. The minimum atomic E-state index is -1.30. The van der Waals surface area contributed by atoms with E-state index in [2.05, 4.69) is 0 Å². The second-order valence-electron chi connectivity index (χ2n) is 5.42. The van der Waals surface area contributed by atoms with Crippen LogP contribution < -0.4 is 15.5 Å². The van der Waals surface area contributed by atoms with E-state index in [0.29, 0.717) is 5.56 Å². The Balaban J connectivity index is 2.06. The van der Waals surface area contributed by atoms with Crippen molar-refractivity contribution in [2.75, 3.05) is 6.54 Å². The molecule has 1 heterocycles. The molecule has 9 heteroatoms. The third-order valence-electron chi connectivity index (χ3n) is 3.58. The van der Waals surface area contributed by atoms with Crippen molar-refractivity contribution in [3.8, 4) is 28.6 Å². The van der Waals surface area contributed by atoms with Crippen molar-refractivity contribution in [3.05, 3.63) is 52.7 Å². The first-order valence-corrected chi connectivity index (χ1v) is 7.62. The van der Waals surface area contributed by atoms with Gasteiger partial charge in [-0.25, -0.2) is 4.79 Å². The number of fused-ring (bicyclic) bond motifs is 1. The Labute approximate surface area is 151 Å². The Kier molecular flexibility index (Phi) is 4.67. The SMILES string of the molecule is O=C(O)CNC(=O)Oc1cc2oc(-c3ccccc3)cc(=O)c2c(O)c1O. The lowest BCUT2D eigenvalue weighted by molar-refractivity contribution is -0.135. The molecule has 0 saturated carbocycles. The summed E-state index contributed by atoms with van der Waals surface area (Å²) in [6, 6.07) is 10.9. The molecule has 0 radical (unpaired) electrons. The largest absolute Gasteiger partial charge is 0.504 e. The molecule has 0 bridgehead atoms. The molecule has 9 nitrogen and oxygen atoms in total. The summed E-state index contributed by atoms with van der Waals surface area (Å²) in [6.45, 7) is -0.702. The molecule has 3 rings (SSSR count). The number of amides is 1. The fourth-order valence-electron chi connectivity index (χ4n) is 2.38. The van der Waals surface area contributed by atoms with Crippen LogP contribution in [0.4, 0.5) is 4.79 Å². The van der Waals surface area contributed by atoms with Gasteiger partial charge in [-0.1, -0.05) is 30.3 Å². The Morgan fingerprint density at radius 1 is 1.07 bits per heavy atom. The number of nitrogens with one attached hydrogen (secondary N) is 1. The molecule has 27 heavy (non-hydrogen) atoms. The molecule has 3 aromatic rings. The topological polar surface area (TPSA) is 146 Å². The van der Waals surface area contributed by atoms with E-state index < -0.39 is 41.3 Å². The van der Waals surface area contributed by atoms with Gasteiger partial charge in [0.25, 0.3) is 0 Å². The zero-order chi connectivity index (χ0) is 19.6. The molecule has 0 aliphatic heterocycles. The molecule has 0 aliphatic rings. The average Bonchev–Trinajstić information content (AvgIpc) is 2.64. The summed E-state index contributed by atoms with van der Waals surface area (Å²) in [6.07, 6.45) is -1.17. The van der Waals surface area contributed by atoms with Gasteiger partial charge >= 0.3 is 12.1 Å². The van der Waals surface area contributed by atoms with Gasteiger partial charge in [0.15, 0.2) is 16.9 Å². The average molecular weight is 371 g/mol. The highest BCUT2D eigenvalue weighted by molar-refractivity contribution is 5.90. The summed E-state index contributed by atoms with van der Waals surface area (Å²) in [7, 11) is 0. The van der Waals surface area contributed by atoms with Crippen LogP contribution in [-0.4, -0.2) is 33.9 Å². The number of carbonyl (C=O) groups excluding carboxylic acids is 1. The lowest BCUT2D eigenvalue weighted by Crippen LogP contribution is -2.31. The molecule has 0 aliphatic carbocycles. The monoisotopic (exact) mass is 371 g/mol. The first kappa shape index (κ1) is 17.8. The number of carboxylic acid groups (broad SMARTS) is 1. The lowest BCUT2D eigenvalue weighted by Gasteiger charge is -2.10. The van der Waals surface area contributed by atoms with E-state index >= 15 is 0 Å². The molecule has 1 aromatic heterocycles. The Bertz CT molecular complexity index is 1090. The maximum Gasteiger partial charge on any atom is 0.413 e. The van der Waals surface area contributed by atoms with Crippen LogP contribution in [0.2, 0.25) is 0 Å². The van der Waals surface area contributed by atoms with Crippen LogP contribution in [0.5, 0.6) is 17.2 Å². The summed E-state index contributed by atoms with van der Waals surface area (Å²) < 4.78 is 10.4. The number of carbonyl (C=O) groups is 2. The van der Waals surface area contributed by atoms with Gasteiger partial charge in [-0.15, -0.1) is 0 Å². The molecule has 0 saturated heterocycles. The van der Waals surface area contributed by atoms with Gasteiger partial charge in [0.2, 0.25) is 5.75 Å². The van der Waals surface area contributed by atoms with Crippen LogP contribution in [0, 0.1) is 0 Å². The van der Waals surface area contributed by atoms with E-state index in [9.17, 15) is 24.6 Å². The third kappa shape index (κ3) is 3.66. The van der Waals surface area contributed by atoms with Crippen molar-refractivity contribution in [1.29, 1.82) is 0 Å². The predicted octanol–water partition coefficient (Wildman–Crippen LogP) is 2.04. The van der Waals surface area contributed by atoms with Crippen LogP contribution in [-0.2, 0) is 4.79 Å². The molecular formula is C18H13NO8. The number of phenolic OH excluding ortho intramolecular Hbond substituents is 2. The van der Waals surface area contributed by atoms with Gasteiger partial charge in [0.05, 0.1) is 0 Å². The zero-order valence-corrected chi connectivity index (χ0v) is 13.6. The highest BCUT2D eigenvalue weighted by Gasteiger charge is 2.20. The summed E-state index contributed by atoms with van der Waals surface area (Å²) in [5.74, 6) is -3.26. The van der Waals surface area contributed by atoms with Crippen LogP contribution in [0.25, 0.3) is 22.3 Å². The number of aromatic hydroxyl groups is 2. The van der Waals surface area contributed by atoms with E-state index in [4.69, 9.17) is 14.3 Å². The summed E-state index contributed by atoms with van der Waals surface area (Å²) >= 11 is 0. The lowest BCUT2D eigenvalue weighted by atomic mass is 10.1. The van der Waals surface area contributed by atoms with Gasteiger partial charge in [-0.3, -0.25) is 9.59 Å². The first-order valence-electron chi connectivity index (χ1n) is 7.62. The van der Waals surface area contributed by atoms with Crippen molar-refractivity contribution in [2.45, 2.75) is 0 Å². The van der Waals surface area contributed by atoms with Gasteiger partial charge in [-0.05, 0) is 0 Å². The number of hydrogen-bond donors (Lipinski definition) is 4. The highest BCUT2D eigenvalue weighted by Crippen LogP contribution is 2.41. The third-order valence-corrected chi connectivity index (χ3v) is 3.58. The van der Waals surface area contributed by atoms with Crippen LogP contribution in [0.15, 0.2) is 51.7 Å². The van der Waals surface area contributed by atoms with Crippen molar-refractivity contribution >= 4 is 23.0 Å². The van der Waals surface area contributed by atoms with Gasteiger partial charge in [-0.2, -0.15) is 0 Å². The number of carboxylic acids is 1.